The zero-order valence-electron chi connectivity index (χ0n) is 11.8. The Labute approximate surface area is 121 Å². The molecule has 10 nitrogen and oxygen atoms in total. The van der Waals surface area contributed by atoms with Gasteiger partial charge in [-0.15, -0.1) is 5.10 Å². The second kappa shape index (κ2) is 9.70. The van der Waals surface area contributed by atoms with E-state index >= 15 is 0 Å². The van der Waals surface area contributed by atoms with Crippen LogP contribution in [0.1, 0.15) is 25.1 Å². The lowest BCUT2D eigenvalue weighted by molar-refractivity contribution is -0.145. The number of nitrogens with zero attached hydrogens (tertiary/aromatic N) is 6. The number of azide groups is 1. The summed E-state index contributed by atoms with van der Waals surface area (Å²) >= 11 is 0. The third-order valence-corrected chi connectivity index (χ3v) is 2.54. The molecule has 21 heavy (non-hydrogen) atoms. The fourth-order valence-corrected chi connectivity index (χ4v) is 1.63. The summed E-state index contributed by atoms with van der Waals surface area (Å²) in [5.41, 5.74) is 8.64. The van der Waals surface area contributed by atoms with E-state index in [1.165, 1.54) is 0 Å². The summed E-state index contributed by atoms with van der Waals surface area (Å²) < 4.78 is 6.53. The number of ether oxygens (including phenoxy) is 1. The third-order valence-electron chi connectivity index (χ3n) is 2.54. The second-order valence-electron chi connectivity index (χ2n) is 4.08. The summed E-state index contributed by atoms with van der Waals surface area (Å²) in [6.45, 7) is 3.07. The molecular formula is C11H19N7O3. The highest BCUT2D eigenvalue weighted by Gasteiger charge is 2.24. The number of aliphatic hydroxyl groups excluding tert-OH is 1. The molecule has 0 saturated heterocycles. The quantitative estimate of drug-likeness (QED) is 0.207. The molecule has 1 aromatic heterocycles. The molecule has 1 atom stereocenters. The maximum absolute atomic E-state index is 11.9. The van der Waals surface area contributed by atoms with Gasteiger partial charge in [0, 0.05) is 31.2 Å². The Morgan fingerprint density at radius 1 is 1.71 bits per heavy atom. The summed E-state index contributed by atoms with van der Waals surface area (Å²) in [6.07, 6.45) is 2.18. The zero-order valence-corrected chi connectivity index (χ0v) is 11.8. The molecule has 0 bridgehead atoms. The zero-order chi connectivity index (χ0) is 15.5. The lowest BCUT2D eigenvalue weighted by Gasteiger charge is -2.13. The van der Waals surface area contributed by atoms with Crippen molar-refractivity contribution in [3.8, 4) is 0 Å². The smallest absolute Gasteiger partial charge is 0.329 e. The van der Waals surface area contributed by atoms with Crippen molar-refractivity contribution in [3.63, 3.8) is 0 Å². The molecule has 0 spiro atoms. The van der Waals surface area contributed by atoms with Crippen LogP contribution < -0.4 is 5.32 Å². The Balaban J connectivity index is 2.71. The molecule has 1 unspecified atom stereocenters. The first-order valence-electron chi connectivity index (χ1n) is 6.64. The number of nitrogens with one attached hydrogen (secondary N) is 1. The van der Waals surface area contributed by atoms with E-state index in [0.29, 0.717) is 25.2 Å². The average molecular weight is 297 g/mol. The first-order valence-corrected chi connectivity index (χ1v) is 6.64. The molecule has 10 heteroatoms. The number of esters is 1. The summed E-state index contributed by atoms with van der Waals surface area (Å²) in [7, 11) is 0. The lowest BCUT2D eigenvalue weighted by Crippen LogP contribution is -2.32. The largest absolute Gasteiger partial charge is 0.465 e. The van der Waals surface area contributed by atoms with E-state index in [0.717, 1.165) is 0 Å². The highest BCUT2D eigenvalue weighted by atomic mass is 16.5. The van der Waals surface area contributed by atoms with E-state index in [9.17, 15) is 4.79 Å². The molecular weight excluding hydrogens is 278 g/mol. The van der Waals surface area contributed by atoms with E-state index in [1.807, 2.05) is 0 Å². The predicted molar refractivity (Wildman–Crippen MR) is 73.1 cm³/mol. The topological polar surface area (TPSA) is 138 Å². The van der Waals surface area contributed by atoms with Gasteiger partial charge >= 0.3 is 5.97 Å². The van der Waals surface area contributed by atoms with Gasteiger partial charge in [-0.25, -0.2) is 4.79 Å². The van der Waals surface area contributed by atoms with Gasteiger partial charge in [0.15, 0.2) is 6.04 Å². The summed E-state index contributed by atoms with van der Waals surface area (Å²) in [4.78, 5) is 14.6. The van der Waals surface area contributed by atoms with Crippen LogP contribution in [-0.2, 0) is 16.1 Å². The number of hydrogen-bond donors (Lipinski definition) is 2. The highest BCUT2D eigenvalue weighted by molar-refractivity contribution is 5.76. The number of carbonyl (C=O) groups excluding carboxylic acids is 1. The Morgan fingerprint density at radius 2 is 2.52 bits per heavy atom. The number of aliphatic hydroxyl groups is 1. The van der Waals surface area contributed by atoms with Gasteiger partial charge in [-0.2, -0.15) is 0 Å². The molecule has 0 amide bonds. The average Bonchev–Trinajstić information content (AvgIpc) is 2.94. The number of rotatable bonds is 10. The molecule has 0 aliphatic carbocycles. The number of carbonyl (C=O) groups is 1. The van der Waals surface area contributed by atoms with Crippen molar-refractivity contribution in [2.45, 2.75) is 25.9 Å². The van der Waals surface area contributed by atoms with Crippen LogP contribution in [0.2, 0.25) is 0 Å². The first-order chi connectivity index (χ1) is 10.2. The predicted octanol–water partition coefficient (Wildman–Crippen LogP) is 0.165. The van der Waals surface area contributed by atoms with Crippen molar-refractivity contribution >= 4 is 5.97 Å². The van der Waals surface area contributed by atoms with E-state index in [2.05, 4.69) is 25.7 Å². The molecule has 0 aliphatic heterocycles. The van der Waals surface area contributed by atoms with Gasteiger partial charge in [-0.1, -0.05) is 10.3 Å². The minimum absolute atomic E-state index is 0.0565. The van der Waals surface area contributed by atoms with E-state index in [-0.39, 0.29) is 19.8 Å². The van der Waals surface area contributed by atoms with Crippen LogP contribution in [0.3, 0.4) is 0 Å². The third kappa shape index (κ3) is 5.78. The normalized spacial score (nSPS) is 11.7. The van der Waals surface area contributed by atoms with Gasteiger partial charge in [-0.05, 0) is 18.9 Å². The van der Waals surface area contributed by atoms with Gasteiger partial charge in [0.2, 0.25) is 0 Å². The standard InChI is InChI=1S/C11H19N7O3/c1-2-21-11(20)10(13-4-5-14-16-12)9-8-18(17-15-9)6-3-7-19/h8,10,13,19H,2-7H2,1H3. The van der Waals surface area contributed by atoms with Gasteiger partial charge in [0.1, 0.15) is 5.69 Å². The van der Waals surface area contributed by atoms with Crippen LogP contribution in [0, 0.1) is 0 Å². The maximum atomic E-state index is 11.9. The molecule has 1 heterocycles. The Kier molecular flexibility index (Phi) is 7.80. The van der Waals surface area contributed by atoms with Crippen molar-refractivity contribution in [1.29, 1.82) is 0 Å². The monoisotopic (exact) mass is 297 g/mol. The summed E-state index contributed by atoms with van der Waals surface area (Å²) in [5.74, 6) is -0.465. The van der Waals surface area contributed by atoms with E-state index in [4.69, 9.17) is 15.4 Å². The lowest BCUT2D eigenvalue weighted by atomic mass is 10.2. The van der Waals surface area contributed by atoms with Crippen molar-refractivity contribution < 1.29 is 14.6 Å². The van der Waals surface area contributed by atoms with Crippen LogP contribution in [0.5, 0.6) is 0 Å². The molecule has 0 fully saturated rings. The van der Waals surface area contributed by atoms with Gasteiger partial charge in [-0.3, -0.25) is 10.00 Å². The van der Waals surface area contributed by atoms with Crippen molar-refractivity contribution in [2.75, 3.05) is 26.3 Å². The molecule has 2 N–H and O–H groups in total. The fraction of sp³-hybridized carbons (Fsp3) is 0.727. The number of aryl methyl sites for hydroxylation is 1. The number of aromatic nitrogens is 3. The first kappa shape index (κ1) is 16.9. The minimum Gasteiger partial charge on any atom is -0.465 e. The van der Waals surface area contributed by atoms with Gasteiger partial charge < -0.3 is 9.84 Å². The Morgan fingerprint density at radius 3 is 3.19 bits per heavy atom. The molecule has 1 rings (SSSR count). The molecule has 116 valence electrons. The van der Waals surface area contributed by atoms with Crippen molar-refractivity contribution in [1.82, 2.24) is 20.3 Å². The van der Waals surface area contributed by atoms with E-state index < -0.39 is 12.0 Å². The number of hydrogen-bond acceptors (Lipinski definition) is 7. The second-order valence-corrected chi connectivity index (χ2v) is 4.08. The van der Waals surface area contributed by atoms with Crippen LogP contribution in [0.15, 0.2) is 11.3 Å². The molecule has 1 aromatic rings. The van der Waals surface area contributed by atoms with Crippen molar-refractivity contribution in [3.05, 3.63) is 22.3 Å². The Bertz CT molecular complexity index is 484. The fourth-order valence-electron chi connectivity index (χ4n) is 1.63. The molecule has 0 aliphatic rings. The molecule has 0 radical (unpaired) electrons. The summed E-state index contributed by atoms with van der Waals surface area (Å²) in [6, 6.07) is -0.762. The minimum atomic E-state index is -0.762. The van der Waals surface area contributed by atoms with Crippen LogP contribution in [0.25, 0.3) is 10.4 Å². The molecule has 0 saturated carbocycles. The highest BCUT2D eigenvalue weighted by Crippen LogP contribution is 2.11. The van der Waals surface area contributed by atoms with E-state index in [1.54, 1.807) is 17.8 Å². The van der Waals surface area contributed by atoms with Crippen LogP contribution in [0.4, 0.5) is 0 Å². The maximum Gasteiger partial charge on any atom is 0.329 e. The van der Waals surface area contributed by atoms with Crippen molar-refractivity contribution in [2.24, 2.45) is 5.11 Å². The van der Waals surface area contributed by atoms with Gasteiger partial charge in [0.05, 0.1) is 12.8 Å². The Hall–Kier alpha value is -2.16. The van der Waals surface area contributed by atoms with Crippen LogP contribution >= 0.6 is 0 Å². The SMILES string of the molecule is CCOC(=O)C(NCCN=[N+]=[N-])c1cn(CCCO)nn1. The van der Waals surface area contributed by atoms with Crippen LogP contribution in [-0.4, -0.2) is 52.4 Å². The van der Waals surface area contributed by atoms with Gasteiger partial charge in [0.25, 0.3) is 0 Å². The molecule has 0 aromatic carbocycles. The summed E-state index contributed by atoms with van der Waals surface area (Å²) in [5, 5.41) is 22.9.